The van der Waals surface area contributed by atoms with Gasteiger partial charge in [0.1, 0.15) is 5.75 Å². The van der Waals surface area contributed by atoms with Gasteiger partial charge >= 0.3 is 5.97 Å². The van der Waals surface area contributed by atoms with Gasteiger partial charge in [-0.15, -0.1) is 0 Å². The maximum absolute atomic E-state index is 11.5. The fourth-order valence-electron chi connectivity index (χ4n) is 1.37. The van der Waals surface area contributed by atoms with E-state index in [0.717, 1.165) is 0 Å². The predicted molar refractivity (Wildman–Crippen MR) is 66.9 cm³/mol. The van der Waals surface area contributed by atoms with E-state index in [1.165, 1.54) is 12.1 Å². The lowest BCUT2D eigenvalue weighted by atomic mass is 10.1. The molecule has 0 fully saturated rings. The summed E-state index contributed by atoms with van der Waals surface area (Å²) >= 11 is 0. The molecule has 5 heteroatoms. The third-order valence-electron chi connectivity index (χ3n) is 2.67. The number of carbonyl (C=O) groups excluding carboxylic acids is 1. The number of likely N-dealkylation sites (N-methyl/N-ethyl adjacent to an activating group) is 1. The van der Waals surface area contributed by atoms with Crippen molar-refractivity contribution in [1.82, 2.24) is 4.90 Å². The number of carboxylic acid groups (broad SMARTS) is 1. The van der Waals surface area contributed by atoms with Crippen LogP contribution in [-0.2, 0) is 4.79 Å². The largest absolute Gasteiger partial charge is 0.484 e. The van der Waals surface area contributed by atoms with Crippen LogP contribution in [0.4, 0.5) is 0 Å². The molecule has 0 saturated heterocycles. The Morgan fingerprint density at radius 1 is 1.39 bits per heavy atom. The van der Waals surface area contributed by atoms with Crippen molar-refractivity contribution in [3.8, 4) is 5.75 Å². The SMILES string of the molecule is CCN(C)C(=O)COc1ccc(C(=O)O)cc1C. The number of amides is 1. The molecule has 0 aliphatic heterocycles. The van der Waals surface area contributed by atoms with Crippen LogP contribution < -0.4 is 4.74 Å². The van der Waals surface area contributed by atoms with E-state index in [-0.39, 0.29) is 18.1 Å². The second-order valence-corrected chi connectivity index (χ2v) is 3.98. The zero-order valence-electron chi connectivity index (χ0n) is 10.8. The fourth-order valence-corrected chi connectivity index (χ4v) is 1.37. The quantitative estimate of drug-likeness (QED) is 0.862. The first-order valence-corrected chi connectivity index (χ1v) is 5.66. The van der Waals surface area contributed by atoms with Gasteiger partial charge in [-0.1, -0.05) is 0 Å². The topological polar surface area (TPSA) is 66.8 Å². The monoisotopic (exact) mass is 251 g/mol. The van der Waals surface area contributed by atoms with Gasteiger partial charge in [0.15, 0.2) is 6.61 Å². The Bertz CT molecular complexity index is 456. The van der Waals surface area contributed by atoms with Crippen LogP contribution in [0.25, 0.3) is 0 Å². The molecule has 5 nitrogen and oxygen atoms in total. The summed E-state index contributed by atoms with van der Waals surface area (Å²) in [4.78, 5) is 23.9. The van der Waals surface area contributed by atoms with Crippen molar-refractivity contribution in [3.63, 3.8) is 0 Å². The van der Waals surface area contributed by atoms with Gasteiger partial charge in [0.25, 0.3) is 5.91 Å². The van der Waals surface area contributed by atoms with Gasteiger partial charge in [0.2, 0.25) is 0 Å². The van der Waals surface area contributed by atoms with Crippen LogP contribution >= 0.6 is 0 Å². The first-order valence-electron chi connectivity index (χ1n) is 5.66. The summed E-state index contributed by atoms with van der Waals surface area (Å²) in [6, 6.07) is 4.54. The van der Waals surface area contributed by atoms with Gasteiger partial charge in [-0.05, 0) is 37.6 Å². The third kappa shape index (κ3) is 3.48. The lowest BCUT2D eigenvalue weighted by Gasteiger charge is -2.15. The summed E-state index contributed by atoms with van der Waals surface area (Å²) in [6.45, 7) is 4.21. The highest BCUT2D eigenvalue weighted by Gasteiger charge is 2.10. The van der Waals surface area contributed by atoms with Crippen molar-refractivity contribution in [2.45, 2.75) is 13.8 Å². The molecule has 98 valence electrons. The van der Waals surface area contributed by atoms with Crippen LogP contribution in [0.1, 0.15) is 22.8 Å². The average molecular weight is 251 g/mol. The lowest BCUT2D eigenvalue weighted by Crippen LogP contribution is -2.31. The minimum Gasteiger partial charge on any atom is -0.484 e. The maximum atomic E-state index is 11.5. The summed E-state index contributed by atoms with van der Waals surface area (Å²) < 4.78 is 5.37. The number of aromatic carboxylic acids is 1. The van der Waals surface area contributed by atoms with E-state index in [4.69, 9.17) is 9.84 Å². The van der Waals surface area contributed by atoms with Gasteiger partial charge in [0, 0.05) is 13.6 Å². The lowest BCUT2D eigenvalue weighted by molar-refractivity contribution is -0.131. The van der Waals surface area contributed by atoms with Crippen LogP contribution in [0.15, 0.2) is 18.2 Å². The number of aryl methyl sites for hydroxylation is 1. The molecule has 18 heavy (non-hydrogen) atoms. The van der Waals surface area contributed by atoms with E-state index in [2.05, 4.69) is 0 Å². The predicted octanol–water partition coefficient (Wildman–Crippen LogP) is 1.55. The van der Waals surface area contributed by atoms with Crippen LogP contribution in [0.2, 0.25) is 0 Å². The molecule has 1 N–H and O–H groups in total. The molecule has 1 aromatic rings. The number of benzene rings is 1. The molecule has 0 atom stereocenters. The molecule has 1 aromatic carbocycles. The highest BCUT2D eigenvalue weighted by Crippen LogP contribution is 2.19. The van der Waals surface area contributed by atoms with E-state index in [9.17, 15) is 9.59 Å². The van der Waals surface area contributed by atoms with E-state index < -0.39 is 5.97 Å². The Labute approximate surface area is 106 Å². The number of rotatable bonds is 5. The van der Waals surface area contributed by atoms with Gasteiger partial charge < -0.3 is 14.7 Å². The Morgan fingerprint density at radius 3 is 2.56 bits per heavy atom. The number of hydrogen-bond acceptors (Lipinski definition) is 3. The standard InChI is InChI=1S/C13H17NO4/c1-4-14(3)12(15)8-18-11-6-5-10(13(16)17)7-9(11)2/h5-7H,4,8H2,1-3H3,(H,16,17). The van der Waals surface area contributed by atoms with Crippen molar-refractivity contribution in [3.05, 3.63) is 29.3 Å². The minimum absolute atomic E-state index is 0.0440. The van der Waals surface area contributed by atoms with Crippen molar-refractivity contribution in [2.75, 3.05) is 20.2 Å². The summed E-state index contributed by atoms with van der Waals surface area (Å²) in [6.07, 6.45) is 0. The molecule has 0 saturated carbocycles. The maximum Gasteiger partial charge on any atom is 0.335 e. The molecule has 1 amide bonds. The number of carbonyl (C=O) groups is 2. The van der Waals surface area contributed by atoms with E-state index in [1.807, 2.05) is 6.92 Å². The van der Waals surface area contributed by atoms with Crippen molar-refractivity contribution in [2.24, 2.45) is 0 Å². The van der Waals surface area contributed by atoms with Crippen LogP contribution in [0, 0.1) is 6.92 Å². The Kier molecular flexibility index (Phi) is 4.71. The molecule has 0 heterocycles. The van der Waals surface area contributed by atoms with Gasteiger partial charge in [-0.3, -0.25) is 4.79 Å². The molecule has 0 unspecified atom stereocenters. The Balaban J connectivity index is 2.69. The summed E-state index contributed by atoms with van der Waals surface area (Å²) in [7, 11) is 1.70. The second-order valence-electron chi connectivity index (χ2n) is 3.98. The average Bonchev–Trinajstić information content (AvgIpc) is 2.35. The molecular weight excluding hydrogens is 234 g/mol. The van der Waals surface area contributed by atoms with Crippen LogP contribution in [0.3, 0.4) is 0 Å². The summed E-state index contributed by atoms with van der Waals surface area (Å²) in [5.74, 6) is -0.566. The molecule has 1 rings (SSSR count). The van der Waals surface area contributed by atoms with E-state index in [1.54, 1.807) is 24.9 Å². The zero-order chi connectivity index (χ0) is 13.7. The smallest absolute Gasteiger partial charge is 0.335 e. The van der Waals surface area contributed by atoms with E-state index >= 15 is 0 Å². The fraction of sp³-hybridized carbons (Fsp3) is 0.385. The first kappa shape index (κ1) is 14.0. The summed E-state index contributed by atoms with van der Waals surface area (Å²) in [5, 5.41) is 8.82. The van der Waals surface area contributed by atoms with Gasteiger partial charge in [-0.2, -0.15) is 0 Å². The molecule has 0 radical (unpaired) electrons. The van der Waals surface area contributed by atoms with Crippen molar-refractivity contribution >= 4 is 11.9 Å². The van der Waals surface area contributed by atoms with E-state index in [0.29, 0.717) is 17.9 Å². The summed E-state index contributed by atoms with van der Waals surface area (Å²) in [5.41, 5.74) is 0.902. The number of carboxylic acids is 1. The molecule has 0 aromatic heterocycles. The zero-order valence-corrected chi connectivity index (χ0v) is 10.8. The van der Waals surface area contributed by atoms with Crippen LogP contribution in [0.5, 0.6) is 5.75 Å². The second kappa shape index (κ2) is 6.05. The number of ether oxygens (including phenoxy) is 1. The third-order valence-corrected chi connectivity index (χ3v) is 2.67. The van der Waals surface area contributed by atoms with Crippen LogP contribution in [-0.4, -0.2) is 42.1 Å². The van der Waals surface area contributed by atoms with Crippen molar-refractivity contribution < 1.29 is 19.4 Å². The molecular formula is C13H17NO4. The number of hydrogen-bond donors (Lipinski definition) is 1. The molecule has 0 bridgehead atoms. The number of nitrogens with zero attached hydrogens (tertiary/aromatic N) is 1. The highest BCUT2D eigenvalue weighted by atomic mass is 16.5. The first-order chi connectivity index (χ1) is 8.45. The van der Waals surface area contributed by atoms with Gasteiger partial charge in [-0.25, -0.2) is 4.79 Å². The minimum atomic E-state index is -0.980. The van der Waals surface area contributed by atoms with Crippen molar-refractivity contribution in [1.29, 1.82) is 0 Å². The molecule has 0 spiro atoms. The van der Waals surface area contributed by atoms with Gasteiger partial charge in [0.05, 0.1) is 5.56 Å². The highest BCUT2D eigenvalue weighted by molar-refractivity contribution is 5.88. The Hall–Kier alpha value is -2.04. The molecule has 0 aliphatic rings. The normalized spacial score (nSPS) is 9.94. The Morgan fingerprint density at radius 2 is 2.06 bits per heavy atom. The molecule has 0 aliphatic carbocycles.